The largest absolute Gasteiger partial charge is 0.497 e. The molecule has 0 bridgehead atoms. The van der Waals surface area contributed by atoms with Crippen LogP contribution < -0.4 is 15.4 Å². The number of benzene rings is 1. The van der Waals surface area contributed by atoms with E-state index in [1.54, 1.807) is 18.4 Å². The number of thioether (sulfide) groups is 1. The number of carbonyl (C=O) groups excluding carboxylic acids is 2. The van der Waals surface area contributed by atoms with Crippen LogP contribution >= 0.6 is 23.1 Å². The van der Waals surface area contributed by atoms with Crippen molar-refractivity contribution in [1.82, 2.24) is 10.6 Å². The highest BCUT2D eigenvalue weighted by molar-refractivity contribution is 8.00. The highest BCUT2D eigenvalue weighted by Gasteiger charge is 2.08. The van der Waals surface area contributed by atoms with Crippen molar-refractivity contribution in [3.05, 3.63) is 46.7 Å². The number of hydrogen-bond acceptors (Lipinski definition) is 5. The molecular weight excluding hydrogens is 332 g/mol. The lowest BCUT2D eigenvalue weighted by molar-refractivity contribution is -0.117. The van der Waals surface area contributed by atoms with Crippen molar-refractivity contribution in [2.45, 2.75) is 11.3 Å². The minimum atomic E-state index is -0.457. The summed E-state index contributed by atoms with van der Waals surface area (Å²) in [6.07, 6.45) is 0.764. The molecule has 0 unspecified atom stereocenters. The quantitative estimate of drug-likeness (QED) is 0.754. The maximum absolute atomic E-state index is 11.7. The molecule has 1 aromatic heterocycles. The van der Waals surface area contributed by atoms with E-state index < -0.39 is 6.03 Å². The highest BCUT2D eigenvalue weighted by Crippen LogP contribution is 2.20. The Kier molecular flexibility index (Phi) is 6.96. The number of ether oxygens (including phenoxy) is 1. The molecule has 0 aliphatic rings. The molecule has 7 heteroatoms. The van der Waals surface area contributed by atoms with Crippen LogP contribution in [0.2, 0.25) is 0 Å². The van der Waals surface area contributed by atoms with Gasteiger partial charge in [-0.3, -0.25) is 10.1 Å². The molecule has 0 spiro atoms. The molecule has 0 aliphatic heterocycles. The maximum atomic E-state index is 11.7. The van der Waals surface area contributed by atoms with E-state index >= 15 is 0 Å². The molecule has 1 aromatic carbocycles. The summed E-state index contributed by atoms with van der Waals surface area (Å²) in [6, 6.07) is 10.9. The summed E-state index contributed by atoms with van der Waals surface area (Å²) < 4.78 is 5.07. The monoisotopic (exact) mass is 350 g/mol. The highest BCUT2D eigenvalue weighted by atomic mass is 32.2. The first-order chi connectivity index (χ1) is 11.2. The molecule has 0 atom stereocenters. The lowest BCUT2D eigenvalue weighted by Gasteiger charge is -2.06. The van der Waals surface area contributed by atoms with Gasteiger partial charge in [-0.2, -0.15) is 0 Å². The smallest absolute Gasteiger partial charge is 0.321 e. The van der Waals surface area contributed by atoms with Crippen LogP contribution in [0.4, 0.5) is 4.79 Å². The molecule has 23 heavy (non-hydrogen) atoms. The Bertz CT molecular complexity index is 627. The summed E-state index contributed by atoms with van der Waals surface area (Å²) in [4.78, 5) is 25.5. The molecule has 2 aromatic rings. The predicted octanol–water partition coefficient (Wildman–Crippen LogP) is 2.92. The van der Waals surface area contributed by atoms with Gasteiger partial charge in [0, 0.05) is 16.3 Å². The molecule has 5 nitrogen and oxygen atoms in total. The predicted molar refractivity (Wildman–Crippen MR) is 93.3 cm³/mol. The van der Waals surface area contributed by atoms with E-state index in [4.69, 9.17) is 4.74 Å². The topological polar surface area (TPSA) is 67.4 Å². The van der Waals surface area contributed by atoms with Crippen LogP contribution in [0, 0.1) is 0 Å². The van der Waals surface area contributed by atoms with E-state index in [1.807, 2.05) is 41.8 Å². The fourth-order valence-electron chi connectivity index (χ4n) is 1.78. The third-order valence-corrected chi connectivity index (χ3v) is 4.87. The fourth-order valence-corrected chi connectivity index (χ4v) is 3.19. The Hall–Kier alpha value is -1.99. The van der Waals surface area contributed by atoms with Crippen molar-refractivity contribution < 1.29 is 14.3 Å². The second kappa shape index (κ2) is 9.22. The minimum Gasteiger partial charge on any atom is -0.497 e. The number of carbonyl (C=O) groups is 2. The van der Waals surface area contributed by atoms with Gasteiger partial charge in [-0.1, -0.05) is 6.07 Å². The van der Waals surface area contributed by atoms with Crippen molar-refractivity contribution in [2.24, 2.45) is 0 Å². The van der Waals surface area contributed by atoms with Gasteiger partial charge in [0.25, 0.3) is 0 Å². The molecule has 0 fully saturated rings. The van der Waals surface area contributed by atoms with E-state index in [9.17, 15) is 9.59 Å². The third-order valence-electron chi connectivity index (χ3n) is 2.92. The standard InChI is InChI=1S/C16H18N2O3S2/c1-21-12-4-6-14(7-5-12)23-11-15(19)18-16(20)17-9-8-13-3-2-10-22-13/h2-7,10H,8-9,11H2,1H3,(H2,17,18,19,20). The van der Waals surface area contributed by atoms with Crippen LogP contribution in [-0.2, 0) is 11.2 Å². The zero-order valence-electron chi connectivity index (χ0n) is 12.7. The van der Waals surface area contributed by atoms with E-state index in [0.29, 0.717) is 6.54 Å². The Balaban J connectivity index is 1.64. The molecule has 2 N–H and O–H groups in total. The molecule has 3 amide bonds. The first-order valence-electron chi connectivity index (χ1n) is 7.04. The van der Waals surface area contributed by atoms with Crippen LogP contribution in [0.3, 0.4) is 0 Å². The Morgan fingerprint density at radius 1 is 1.22 bits per heavy atom. The maximum Gasteiger partial charge on any atom is 0.321 e. The molecular formula is C16H18N2O3S2. The van der Waals surface area contributed by atoms with E-state index in [0.717, 1.165) is 17.1 Å². The first kappa shape index (κ1) is 17.4. The van der Waals surface area contributed by atoms with Gasteiger partial charge in [0.05, 0.1) is 12.9 Å². The van der Waals surface area contributed by atoms with Gasteiger partial charge in [0.2, 0.25) is 5.91 Å². The van der Waals surface area contributed by atoms with Gasteiger partial charge >= 0.3 is 6.03 Å². The van der Waals surface area contributed by atoms with Gasteiger partial charge in [0.15, 0.2) is 0 Å². The van der Waals surface area contributed by atoms with Crippen LogP contribution in [-0.4, -0.2) is 31.3 Å². The molecule has 0 saturated heterocycles. The first-order valence-corrected chi connectivity index (χ1v) is 8.91. The van der Waals surface area contributed by atoms with Crippen LogP contribution in [0.5, 0.6) is 5.75 Å². The average molecular weight is 350 g/mol. The summed E-state index contributed by atoms with van der Waals surface area (Å²) in [5, 5.41) is 6.99. The lowest BCUT2D eigenvalue weighted by Crippen LogP contribution is -2.41. The number of thiophene rings is 1. The number of nitrogens with one attached hydrogen (secondary N) is 2. The van der Waals surface area contributed by atoms with Crippen molar-refractivity contribution in [1.29, 1.82) is 0 Å². The number of amides is 3. The number of hydrogen-bond donors (Lipinski definition) is 2. The molecule has 2 rings (SSSR count). The second-order valence-corrected chi connectivity index (χ2v) is 6.68. The Morgan fingerprint density at radius 3 is 2.65 bits per heavy atom. The van der Waals surface area contributed by atoms with Crippen LogP contribution in [0.25, 0.3) is 0 Å². The number of imide groups is 1. The minimum absolute atomic E-state index is 0.185. The van der Waals surface area contributed by atoms with Crippen LogP contribution in [0.15, 0.2) is 46.7 Å². The third kappa shape index (κ3) is 6.33. The number of rotatable bonds is 7. The summed E-state index contributed by atoms with van der Waals surface area (Å²) in [6.45, 7) is 0.505. The van der Waals surface area contributed by atoms with E-state index in [-0.39, 0.29) is 11.7 Å². The fraction of sp³-hybridized carbons (Fsp3) is 0.250. The second-order valence-electron chi connectivity index (χ2n) is 4.60. The summed E-state index contributed by atoms with van der Waals surface area (Å²) in [5.41, 5.74) is 0. The van der Waals surface area contributed by atoms with Gasteiger partial charge in [-0.25, -0.2) is 4.79 Å². The summed E-state index contributed by atoms with van der Waals surface area (Å²) in [7, 11) is 1.60. The van der Waals surface area contributed by atoms with E-state index in [1.165, 1.54) is 16.6 Å². The summed E-state index contributed by atoms with van der Waals surface area (Å²) >= 11 is 3.01. The molecule has 1 heterocycles. The molecule has 0 saturated carbocycles. The number of methoxy groups -OCH3 is 1. The van der Waals surface area contributed by atoms with Crippen molar-refractivity contribution in [3.63, 3.8) is 0 Å². The zero-order chi connectivity index (χ0) is 16.5. The van der Waals surface area contributed by atoms with Gasteiger partial charge in [-0.05, 0) is 42.1 Å². The van der Waals surface area contributed by atoms with Gasteiger partial charge in [-0.15, -0.1) is 23.1 Å². The Labute approximate surface area is 143 Å². The molecule has 0 aliphatic carbocycles. The lowest BCUT2D eigenvalue weighted by atomic mass is 10.3. The van der Waals surface area contributed by atoms with Gasteiger partial charge in [0.1, 0.15) is 5.75 Å². The molecule has 122 valence electrons. The van der Waals surface area contributed by atoms with E-state index in [2.05, 4.69) is 10.6 Å². The molecule has 0 radical (unpaired) electrons. The summed E-state index contributed by atoms with van der Waals surface area (Å²) in [5.74, 6) is 0.633. The Morgan fingerprint density at radius 2 is 2.00 bits per heavy atom. The zero-order valence-corrected chi connectivity index (χ0v) is 14.3. The average Bonchev–Trinajstić information content (AvgIpc) is 3.07. The number of urea groups is 1. The SMILES string of the molecule is COc1ccc(SCC(=O)NC(=O)NCCc2cccs2)cc1. The normalized spacial score (nSPS) is 10.1. The van der Waals surface area contributed by atoms with Crippen molar-refractivity contribution in [3.8, 4) is 5.75 Å². The van der Waals surface area contributed by atoms with Crippen molar-refractivity contribution in [2.75, 3.05) is 19.4 Å². The van der Waals surface area contributed by atoms with Crippen molar-refractivity contribution >= 4 is 35.0 Å². The van der Waals surface area contributed by atoms with Crippen LogP contribution in [0.1, 0.15) is 4.88 Å². The van der Waals surface area contributed by atoms with Gasteiger partial charge < -0.3 is 10.1 Å².